The van der Waals surface area contributed by atoms with E-state index in [1.807, 2.05) is 12.1 Å². The highest BCUT2D eigenvalue weighted by molar-refractivity contribution is 6.90. The molecule has 0 aromatic heterocycles. The number of rotatable bonds is 1. The molecule has 66 valence electrons. The third-order valence-electron chi connectivity index (χ3n) is 1.76. The van der Waals surface area contributed by atoms with Crippen molar-refractivity contribution in [1.82, 2.24) is 0 Å². The molecule has 0 aliphatic carbocycles. The topological polar surface area (TPSA) is 0 Å². The van der Waals surface area contributed by atoms with Gasteiger partial charge in [-0.25, -0.2) is 0 Å². The van der Waals surface area contributed by atoms with Crippen LogP contribution in [0.3, 0.4) is 0 Å². The predicted molar refractivity (Wildman–Crippen MR) is 59.4 cm³/mol. The minimum Gasteiger partial charge on any atom is -0.0828 e. The van der Waals surface area contributed by atoms with Gasteiger partial charge in [0.05, 0.1) is 18.1 Å². The summed E-state index contributed by atoms with van der Waals surface area (Å²) in [6.45, 7) is 6.76. The molecule has 0 bridgehead atoms. The van der Waals surface area contributed by atoms with Gasteiger partial charge in [0, 0.05) is 0 Å². The predicted octanol–water partition coefficient (Wildman–Crippen LogP) is 3.54. The molecule has 12 heavy (non-hydrogen) atoms. The fraction of sp³-hybridized carbons (Fsp3) is 0.333. The Morgan fingerprint density at radius 3 is 2.08 bits per heavy atom. The third-order valence-corrected chi connectivity index (χ3v) is 4.77. The lowest BCUT2D eigenvalue weighted by atomic mass is 10.4. The van der Waals surface area contributed by atoms with E-state index in [2.05, 4.69) is 25.7 Å². The highest BCUT2D eigenvalue weighted by Crippen LogP contribution is 2.21. The number of halogens is 2. The standard InChI is InChI=1S/C9H12Cl2Si/c1-12(2,3)8-6-4-5-7(10)9(8)11/h4-6H,1-3H3. The molecule has 0 unspecified atom stereocenters. The molecule has 0 aliphatic heterocycles. The molecule has 0 heterocycles. The van der Waals surface area contributed by atoms with Crippen LogP contribution < -0.4 is 5.19 Å². The monoisotopic (exact) mass is 218 g/mol. The van der Waals surface area contributed by atoms with Crippen LogP contribution in [0.2, 0.25) is 29.7 Å². The molecule has 3 heteroatoms. The molecule has 0 amide bonds. The van der Waals surface area contributed by atoms with Crippen molar-refractivity contribution in [3.05, 3.63) is 28.2 Å². The Balaban J connectivity index is 3.26. The lowest BCUT2D eigenvalue weighted by molar-refractivity contribution is 1.68. The molecule has 0 fully saturated rings. The first kappa shape index (κ1) is 10.1. The van der Waals surface area contributed by atoms with E-state index in [9.17, 15) is 0 Å². The fourth-order valence-electron chi connectivity index (χ4n) is 1.08. The van der Waals surface area contributed by atoms with E-state index in [-0.39, 0.29) is 0 Å². The molecule has 0 atom stereocenters. The highest BCUT2D eigenvalue weighted by atomic mass is 35.5. The largest absolute Gasteiger partial charge is 0.0828 e. The Bertz CT molecular complexity index is 289. The SMILES string of the molecule is C[Si](C)(C)c1cccc(Cl)c1Cl. The number of benzene rings is 1. The second-order valence-electron chi connectivity index (χ2n) is 3.85. The van der Waals surface area contributed by atoms with E-state index in [1.54, 1.807) is 0 Å². The summed E-state index contributed by atoms with van der Waals surface area (Å²) in [4.78, 5) is 0. The second kappa shape index (κ2) is 3.41. The summed E-state index contributed by atoms with van der Waals surface area (Å²) in [6.07, 6.45) is 0. The van der Waals surface area contributed by atoms with Gasteiger partial charge in [0.25, 0.3) is 0 Å². The van der Waals surface area contributed by atoms with E-state index in [4.69, 9.17) is 23.2 Å². The van der Waals surface area contributed by atoms with Gasteiger partial charge in [0.15, 0.2) is 0 Å². The molecule has 0 saturated heterocycles. The number of hydrogen-bond donors (Lipinski definition) is 0. The highest BCUT2D eigenvalue weighted by Gasteiger charge is 2.20. The van der Waals surface area contributed by atoms with Gasteiger partial charge in [0.2, 0.25) is 0 Å². The Morgan fingerprint density at radius 1 is 1.08 bits per heavy atom. The average molecular weight is 219 g/mol. The van der Waals surface area contributed by atoms with Gasteiger partial charge in [-0.3, -0.25) is 0 Å². The normalized spacial score (nSPS) is 11.8. The molecule has 0 radical (unpaired) electrons. The van der Waals surface area contributed by atoms with Crippen molar-refractivity contribution in [2.75, 3.05) is 0 Å². The first-order valence-corrected chi connectivity index (χ1v) is 8.13. The van der Waals surface area contributed by atoms with Crippen LogP contribution >= 0.6 is 23.2 Å². The van der Waals surface area contributed by atoms with Crippen molar-refractivity contribution in [3.63, 3.8) is 0 Å². The molecule has 1 aromatic rings. The zero-order valence-electron chi connectivity index (χ0n) is 7.49. The molecule has 1 rings (SSSR count). The molecule has 0 spiro atoms. The average Bonchev–Trinajstić information content (AvgIpc) is 1.92. The summed E-state index contributed by atoms with van der Waals surface area (Å²) in [6, 6.07) is 5.86. The molecule has 0 N–H and O–H groups in total. The third kappa shape index (κ3) is 2.03. The van der Waals surface area contributed by atoms with Crippen molar-refractivity contribution in [2.45, 2.75) is 19.6 Å². The maximum atomic E-state index is 6.08. The van der Waals surface area contributed by atoms with Crippen LogP contribution in [0.5, 0.6) is 0 Å². The Morgan fingerprint density at radius 2 is 1.67 bits per heavy atom. The Hall–Kier alpha value is 0.0169. The summed E-state index contributed by atoms with van der Waals surface area (Å²) in [5.41, 5.74) is 0. The molecular weight excluding hydrogens is 207 g/mol. The molecular formula is C9H12Cl2Si. The molecule has 0 aliphatic rings. The molecule has 0 saturated carbocycles. The van der Waals surface area contributed by atoms with Crippen molar-refractivity contribution in [2.24, 2.45) is 0 Å². The van der Waals surface area contributed by atoms with E-state index in [0.29, 0.717) is 5.02 Å². The van der Waals surface area contributed by atoms with Gasteiger partial charge in [-0.2, -0.15) is 0 Å². The maximum Gasteiger partial charge on any atom is 0.0796 e. The smallest absolute Gasteiger partial charge is 0.0796 e. The van der Waals surface area contributed by atoms with Gasteiger partial charge in [-0.05, 0) is 11.3 Å². The van der Waals surface area contributed by atoms with Crippen LogP contribution in [-0.4, -0.2) is 8.07 Å². The fourth-order valence-corrected chi connectivity index (χ4v) is 3.70. The van der Waals surface area contributed by atoms with Gasteiger partial charge < -0.3 is 0 Å². The van der Waals surface area contributed by atoms with E-state index in [0.717, 1.165) is 5.02 Å². The van der Waals surface area contributed by atoms with Crippen molar-refractivity contribution < 1.29 is 0 Å². The van der Waals surface area contributed by atoms with E-state index < -0.39 is 8.07 Å². The van der Waals surface area contributed by atoms with Crippen LogP contribution in [0.25, 0.3) is 0 Å². The Kier molecular flexibility index (Phi) is 2.87. The maximum absolute atomic E-state index is 6.08. The summed E-state index contributed by atoms with van der Waals surface area (Å²) < 4.78 is 0. The van der Waals surface area contributed by atoms with Crippen LogP contribution in [0, 0.1) is 0 Å². The summed E-state index contributed by atoms with van der Waals surface area (Å²) in [7, 11) is -1.33. The van der Waals surface area contributed by atoms with Crippen molar-refractivity contribution >= 4 is 36.5 Å². The zero-order chi connectivity index (χ0) is 9.35. The van der Waals surface area contributed by atoms with Crippen LogP contribution in [0.4, 0.5) is 0 Å². The minimum atomic E-state index is -1.33. The van der Waals surface area contributed by atoms with Crippen molar-refractivity contribution in [3.8, 4) is 0 Å². The first-order chi connectivity index (χ1) is 5.43. The second-order valence-corrected chi connectivity index (χ2v) is 9.68. The quantitative estimate of drug-likeness (QED) is 0.634. The van der Waals surface area contributed by atoms with E-state index >= 15 is 0 Å². The van der Waals surface area contributed by atoms with Crippen LogP contribution in [0.1, 0.15) is 0 Å². The summed E-state index contributed by atoms with van der Waals surface area (Å²) >= 11 is 12.0. The van der Waals surface area contributed by atoms with Crippen LogP contribution in [-0.2, 0) is 0 Å². The summed E-state index contributed by atoms with van der Waals surface area (Å²) in [5.74, 6) is 0. The first-order valence-electron chi connectivity index (χ1n) is 3.87. The van der Waals surface area contributed by atoms with Gasteiger partial charge in [-0.1, -0.05) is 55.0 Å². The van der Waals surface area contributed by atoms with Gasteiger partial charge in [-0.15, -0.1) is 0 Å². The minimum absolute atomic E-state index is 0.664. The zero-order valence-corrected chi connectivity index (χ0v) is 10.00. The molecule has 1 aromatic carbocycles. The van der Waals surface area contributed by atoms with Crippen molar-refractivity contribution in [1.29, 1.82) is 0 Å². The van der Waals surface area contributed by atoms with E-state index in [1.165, 1.54) is 5.19 Å². The van der Waals surface area contributed by atoms with Gasteiger partial charge in [0.1, 0.15) is 0 Å². The summed E-state index contributed by atoms with van der Waals surface area (Å²) in [5, 5.41) is 2.63. The Labute approximate surface area is 84.5 Å². The lowest BCUT2D eigenvalue weighted by Crippen LogP contribution is -2.38. The van der Waals surface area contributed by atoms with Crippen LogP contribution in [0.15, 0.2) is 18.2 Å². The van der Waals surface area contributed by atoms with Gasteiger partial charge >= 0.3 is 0 Å². The lowest BCUT2D eigenvalue weighted by Gasteiger charge is -2.18. The number of hydrogen-bond acceptors (Lipinski definition) is 0. The molecule has 0 nitrogen and oxygen atoms in total.